The first kappa shape index (κ1) is 19.6. The lowest BCUT2D eigenvalue weighted by Crippen LogP contribution is -2.29. The van der Waals surface area contributed by atoms with Gasteiger partial charge in [-0.2, -0.15) is 4.72 Å². The van der Waals surface area contributed by atoms with E-state index >= 15 is 0 Å². The van der Waals surface area contributed by atoms with Gasteiger partial charge in [0, 0.05) is 0 Å². The van der Waals surface area contributed by atoms with Gasteiger partial charge < -0.3 is 5.11 Å². The van der Waals surface area contributed by atoms with Crippen molar-refractivity contribution in [1.82, 2.24) is 9.71 Å². The molecule has 1 unspecified atom stereocenters. The fourth-order valence-electron chi connectivity index (χ4n) is 3.13. The Morgan fingerprint density at radius 3 is 2.59 bits per heavy atom. The van der Waals surface area contributed by atoms with Crippen molar-refractivity contribution in [3.05, 3.63) is 88.9 Å². The average molecular weight is 425 g/mol. The van der Waals surface area contributed by atoms with Gasteiger partial charge in [0.1, 0.15) is 10.8 Å². The number of hydrogen-bond donors (Lipinski definition) is 2. The second-order valence-electron chi connectivity index (χ2n) is 6.67. The highest BCUT2D eigenvalue weighted by molar-refractivity contribution is 7.89. The second-order valence-corrected chi connectivity index (χ2v) is 9.45. The van der Waals surface area contributed by atoms with Crippen LogP contribution in [0.3, 0.4) is 0 Å². The van der Waals surface area contributed by atoms with Gasteiger partial charge in [0.25, 0.3) is 0 Å². The quantitative estimate of drug-likeness (QED) is 0.473. The van der Waals surface area contributed by atoms with Gasteiger partial charge in [-0.15, -0.1) is 11.3 Å². The van der Waals surface area contributed by atoms with Crippen LogP contribution in [0, 0.1) is 0 Å². The Hall–Kier alpha value is -2.74. The van der Waals surface area contributed by atoms with E-state index in [0.717, 1.165) is 27.8 Å². The van der Waals surface area contributed by atoms with Gasteiger partial charge in [-0.3, -0.25) is 0 Å². The molecule has 3 aromatic carbocycles. The molecule has 0 aliphatic carbocycles. The van der Waals surface area contributed by atoms with Crippen molar-refractivity contribution in [2.75, 3.05) is 0 Å². The maximum atomic E-state index is 13.0. The molecular formula is C22H20N2O3S2. The molecule has 4 rings (SSSR count). The second kappa shape index (κ2) is 7.94. The number of sulfonamides is 1. The number of fused-ring (bicyclic) bond motifs is 1. The first-order valence-electron chi connectivity index (χ1n) is 9.22. The molecule has 1 heterocycles. The third kappa shape index (κ3) is 4.17. The summed E-state index contributed by atoms with van der Waals surface area (Å²) in [6.45, 7) is 2.06. The zero-order chi connectivity index (χ0) is 20.4. The average Bonchev–Trinajstić information content (AvgIpc) is 3.15. The number of aryl methyl sites for hydroxylation is 1. The molecule has 7 heteroatoms. The minimum atomic E-state index is -3.75. The van der Waals surface area contributed by atoms with E-state index in [1.165, 1.54) is 11.3 Å². The molecule has 29 heavy (non-hydrogen) atoms. The molecule has 0 aliphatic rings. The van der Waals surface area contributed by atoms with E-state index in [1.807, 2.05) is 24.3 Å². The number of nitrogens with one attached hydrogen (secondary N) is 1. The van der Waals surface area contributed by atoms with Gasteiger partial charge in [-0.1, -0.05) is 49.4 Å². The Balaban J connectivity index is 1.82. The van der Waals surface area contributed by atoms with Crippen LogP contribution in [-0.2, 0) is 16.4 Å². The number of phenols is 1. The van der Waals surface area contributed by atoms with E-state index in [9.17, 15) is 13.5 Å². The Kier molecular flexibility index (Phi) is 5.36. The third-order valence-electron chi connectivity index (χ3n) is 4.65. The molecule has 0 saturated carbocycles. The Morgan fingerprint density at radius 1 is 1.03 bits per heavy atom. The number of hydrogen-bond acceptors (Lipinski definition) is 5. The number of aromatic nitrogens is 1. The minimum Gasteiger partial charge on any atom is -0.508 e. The van der Waals surface area contributed by atoms with E-state index in [4.69, 9.17) is 0 Å². The highest BCUT2D eigenvalue weighted by atomic mass is 32.2. The number of benzene rings is 3. The zero-order valence-electron chi connectivity index (χ0n) is 15.7. The van der Waals surface area contributed by atoms with Crippen LogP contribution in [0.2, 0.25) is 0 Å². The number of nitrogens with zero attached hydrogens (tertiary/aromatic N) is 1. The van der Waals surface area contributed by atoms with Crippen molar-refractivity contribution in [3.63, 3.8) is 0 Å². The third-order valence-corrected chi connectivity index (χ3v) is 7.18. The normalized spacial score (nSPS) is 12.9. The summed E-state index contributed by atoms with van der Waals surface area (Å²) in [5.41, 5.74) is 2.66. The molecule has 0 fully saturated rings. The SMILES string of the molecule is CCc1cccc(C(NS(=O)(=O)c2ccccc2)c2nc3ccc(O)cc3s2)c1. The fraction of sp³-hybridized carbons (Fsp3) is 0.136. The zero-order valence-corrected chi connectivity index (χ0v) is 17.4. The highest BCUT2D eigenvalue weighted by Crippen LogP contribution is 2.33. The molecule has 0 spiro atoms. The summed E-state index contributed by atoms with van der Waals surface area (Å²) >= 11 is 1.37. The van der Waals surface area contributed by atoms with Crippen LogP contribution < -0.4 is 4.72 Å². The van der Waals surface area contributed by atoms with Crippen LogP contribution >= 0.6 is 11.3 Å². The standard InChI is InChI=1S/C22H20N2O3S2/c1-2-15-7-6-8-16(13-15)21(24-29(26,27)18-9-4-3-5-10-18)22-23-19-12-11-17(25)14-20(19)28-22/h3-14,21,24-25H,2H2,1H3. The van der Waals surface area contributed by atoms with Crippen LogP contribution in [-0.4, -0.2) is 18.5 Å². The largest absolute Gasteiger partial charge is 0.508 e. The first-order valence-corrected chi connectivity index (χ1v) is 11.5. The molecule has 0 saturated heterocycles. The first-order chi connectivity index (χ1) is 14.0. The van der Waals surface area contributed by atoms with Gasteiger partial charge in [0.2, 0.25) is 10.0 Å². The smallest absolute Gasteiger partial charge is 0.241 e. The molecule has 1 atom stereocenters. The summed E-state index contributed by atoms with van der Waals surface area (Å²) in [5.74, 6) is 0.155. The maximum absolute atomic E-state index is 13.0. The summed E-state index contributed by atoms with van der Waals surface area (Å²) in [7, 11) is -3.75. The summed E-state index contributed by atoms with van der Waals surface area (Å²) in [4.78, 5) is 4.85. The van der Waals surface area contributed by atoms with Crippen LogP contribution in [0.5, 0.6) is 5.75 Å². The lowest BCUT2D eigenvalue weighted by atomic mass is 10.0. The summed E-state index contributed by atoms with van der Waals surface area (Å²) in [5, 5.41) is 10.4. The number of phenolic OH excluding ortho intramolecular Hbond substituents is 1. The van der Waals surface area contributed by atoms with Crippen molar-refractivity contribution < 1.29 is 13.5 Å². The van der Waals surface area contributed by atoms with E-state index in [1.54, 1.807) is 48.5 Å². The molecule has 0 radical (unpaired) electrons. The predicted octanol–water partition coefficient (Wildman–Crippen LogP) is 4.63. The topological polar surface area (TPSA) is 79.3 Å². The molecule has 1 aromatic heterocycles. The monoisotopic (exact) mass is 424 g/mol. The van der Waals surface area contributed by atoms with Crippen LogP contribution in [0.4, 0.5) is 0 Å². The molecule has 0 amide bonds. The summed E-state index contributed by atoms with van der Waals surface area (Å²) in [6, 6.07) is 20.5. The maximum Gasteiger partial charge on any atom is 0.241 e. The van der Waals surface area contributed by atoms with Gasteiger partial charge >= 0.3 is 0 Å². The summed E-state index contributed by atoms with van der Waals surface area (Å²) < 4.78 is 29.7. The molecule has 4 aromatic rings. The van der Waals surface area contributed by atoms with Crippen molar-refractivity contribution in [3.8, 4) is 5.75 Å². The lowest BCUT2D eigenvalue weighted by Gasteiger charge is -2.18. The Morgan fingerprint density at radius 2 is 1.83 bits per heavy atom. The molecule has 0 bridgehead atoms. The van der Waals surface area contributed by atoms with E-state index < -0.39 is 16.1 Å². The van der Waals surface area contributed by atoms with E-state index in [0.29, 0.717) is 5.01 Å². The van der Waals surface area contributed by atoms with Gasteiger partial charge in [0.15, 0.2) is 0 Å². The fourth-order valence-corrected chi connectivity index (χ4v) is 5.50. The highest BCUT2D eigenvalue weighted by Gasteiger charge is 2.26. The molecule has 5 nitrogen and oxygen atoms in total. The summed E-state index contributed by atoms with van der Waals surface area (Å²) in [6.07, 6.45) is 0.847. The van der Waals surface area contributed by atoms with E-state index in [2.05, 4.69) is 16.6 Å². The lowest BCUT2D eigenvalue weighted by molar-refractivity contribution is 0.476. The molecule has 2 N–H and O–H groups in total. The van der Waals surface area contributed by atoms with Crippen molar-refractivity contribution >= 4 is 31.6 Å². The van der Waals surface area contributed by atoms with Gasteiger partial charge in [0.05, 0.1) is 21.2 Å². The molecule has 0 aliphatic heterocycles. The van der Waals surface area contributed by atoms with Crippen molar-refractivity contribution in [2.24, 2.45) is 0 Å². The Bertz CT molecular complexity index is 1250. The van der Waals surface area contributed by atoms with Crippen molar-refractivity contribution in [1.29, 1.82) is 0 Å². The van der Waals surface area contributed by atoms with E-state index in [-0.39, 0.29) is 10.6 Å². The molecule has 148 valence electrons. The van der Waals surface area contributed by atoms with Gasteiger partial charge in [-0.05, 0) is 47.9 Å². The predicted molar refractivity (Wildman–Crippen MR) is 116 cm³/mol. The minimum absolute atomic E-state index is 0.155. The Labute approximate surface area is 173 Å². The molecular weight excluding hydrogens is 404 g/mol. The number of rotatable bonds is 6. The van der Waals surface area contributed by atoms with Gasteiger partial charge in [-0.25, -0.2) is 13.4 Å². The van der Waals surface area contributed by atoms with Crippen molar-refractivity contribution in [2.45, 2.75) is 24.3 Å². The number of aromatic hydroxyl groups is 1. The van der Waals surface area contributed by atoms with Crippen LogP contribution in [0.25, 0.3) is 10.2 Å². The van der Waals surface area contributed by atoms with Crippen LogP contribution in [0.1, 0.15) is 29.1 Å². The van der Waals surface area contributed by atoms with Crippen LogP contribution in [0.15, 0.2) is 77.7 Å². The number of thiazole rings is 1.